The number of hydrogen-bond acceptors (Lipinski definition) is 5. The smallest absolute Gasteiger partial charge is 0.341 e. The number of piperidine rings is 1. The van der Waals surface area contributed by atoms with Crippen LogP contribution in [0.2, 0.25) is 0 Å². The molecule has 5 nitrogen and oxygen atoms in total. The van der Waals surface area contributed by atoms with Gasteiger partial charge in [-0.05, 0) is 38.8 Å². The second-order valence-corrected chi connectivity index (χ2v) is 6.24. The molecule has 1 aliphatic heterocycles. The van der Waals surface area contributed by atoms with Gasteiger partial charge in [0, 0.05) is 11.4 Å². The van der Waals surface area contributed by atoms with E-state index in [-0.39, 0.29) is 11.8 Å². The van der Waals surface area contributed by atoms with Crippen LogP contribution in [0.4, 0.5) is 5.00 Å². The van der Waals surface area contributed by atoms with E-state index in [1.807, 2.05) is 13.8 Å². The fourth-order valence-corrected chi connectivity index (χ4v) is 3.40. The molecule has 0 unspecified atom stereocenters. The Bertz CT molecular complexity index is 519. The predicted octanol–water partition coefficient (Wildman–Crippen LogP) is 2.09. The summed E-state index contributed by atoms with van der Waals surface area (Å²) in [7, 11) is 1.35. The Labute approximate surface area is 122 Å². The molecule has 1 aliphatic rings. The Kier molecular flexibility index (Phi) is 4.77. The average Bonchev–Trinajstić information content (AvgIpc) is 2.74. The molecule has 2 heterocycles. The number of rotatable bonds is 3. The molecule has 0 aliphatic carbocycles. The van der Waals surface area contributed by atoms with Gasteiger partial charge in [0.2, 0.25) is 5.91 Å². The third-order valence-corrected chi connectivity index (χ3v) is 4.80. The number of hydrogen-bond donors (Lipinski definition) is 2. The summed E-state index contributed by atoms with van der Waals surface area (Å²) < 4.78 is 4.80. The van der Waals surface area contributed by atoms with E-state index >= 15 is 0 Å². The van der Waals surface area contributed by atoms with Gasteiger partial charge in [-0.25, -0.2) is 4.79 Å². The van der Waals surface area contributed by atoms with Crippen LogP contribution in [-0.2, 0) is 9.53 Å². The minimum absolute atomic E-state index is 0.0244. The van der Waals surface area contributed by atoms with Crippen LogP contribution in [-0.4, -0.2) is 32.1 Å². The Morgan fingerprint density at radius 2 is 2.15 bits per heavy atom. The van der Waals surface area contributed by atoms with Crippen LogP contribution in [0.3, 0.4) is 0 Å². The average molecular weight is 296 g/mol. The van der Waals surface area contributed by atoms with Crippen molar-refractivity contribution in [3.05, 3.63) is 16.0 Å². The summed E-state index contributed by atoms with van der Waals surface area (Å²) in [6, 6.07) is 0. The second-order valence-electron chi connectivity index (χ2n) is 5.01. The molecule has 1 aromatic heterocycles. The monoisotopic (exact) mass is 296 g/mol. The summed E-state index contributed by atoms with van der Waals surface area (Å²) in [6.45, 7) is 5.47. The number of esters is 1. The molecule has 1 amide bonds. The lowest BCUT2D eigenvalue weighted by atomic mass is 9.99. The molecule has 1 saturated heterocycles. The third-order valence-electron chi connectivity index (χ3n) is 3.68. The van der Waals surface area contributed by atoms with Crippen LogP contribution in [0.15, 0.2) is 0 Å². The van der Waals surface area contributed by atoms with E-state index < -0.39 is 5.97 Å². The first kappa shape index (κ1) is 15.0. The minimum Gasteiger partial charge on any atom is -0.465 e. The maximum Gasteiger partial charge on any atom is 0.341 e. The number of methoxy groups -OCH3 is 1. The van der Waals surface area contributed by atoms with Crippen LogP contribution in [0, 0.1) is 19.8 Å². The van der Waals surface area contributed by atoms with Gasteiger partial charge in [0.25, 0.3) is 0 Å². The molecule has 2 N–H and O–H groups in total. The van der Waals surface area contributed by atoms with E-state index in [9.17, 15) is 9.59 Å². The quantitative estimate of drug-likeness (QED) is 0.838. The molecule has 20 heavy (non-hydrogen) atoms. The lowest BCUT2D eigenvalue weighted by Crippen LogP contribution is -2.37. The van der Waals surface area contributed by atoms with Gasteiger partial charge in [-0.1, -0.05) is 0 Å². The molecular weight excluding hydrogens is 276 g/mol. The highest BCUT2D eigenvalue weighted by Crippen LogP contribution is 2.33. The van der Waals surface area contributed by atoms with Crippen molar-refractivity contribution >= 4 is 28.2 Å². The lowest BCUT2D eigenvalue weighted by molar-refractivity contribution is -0.120. The van der Waals surface area contributed by atoms with Gasteiger partial charge in [0.15, 0.2) is 0 Å². The highest BCUT2D eigenvalue weighted by molar-refractivity contribution is 7.16. The van der Waals surface area contributed by atoms with E-state index in [4.69, 9.17) is 4.74 Å². The fourth-order valence-electron chi connectivity index (χ4n) is 2.35. The minimum atomic E-state index is -0.399. The van der Waals surface area contributed by atoms with Crippen molar-refractivity contribution < 1.29 is 14.3 Å². The predicted molar refractivity (Wildman–Crippen MR) is 79.4 cm³/mol. The lowest BCUT2D eigenvalue weighted by Gasteiger charge is -2.21. The standard InChI is InChI=1S/C14H20N2O3S/c1-8-9(2)20-13(11(8)14(18)19-3)16-12(17)10-5-4-6-15-7-10/h10,15H,4-7H2,1-3H3,(H,16,17)/t10-/m1/s1. The van der Waals surface area contributed by atoms with E-state index in [0.29, 0.717) is 17.1 Å². The summed E-state index contributed by atoms with van der Waals surface area (Å²) in [6.07, 6.45) is 1.89. The first-order valence-electron chi connectivity index (χ1n) is 6.74. The van der Waals surface area contributed by atoms with E-state index in [1.54, 1.807) is 0 Å². The Morgan fingerprint density at radius 1 is 1.40 bits per heavy atom. The van der Waals surface area contributed by atoms with E-state index in [2.05, 4.69) is 10.6 Å². The summed E-state index contributed by atoms with van der Waals surface area (Å²) in [4.78, 5) is 25.1. The number of thiophene rings is 1. The molecule has 1 aromatic rings. The van der Waals surface area contributed by atoms with Crippen molar-refractivity contribution in [2.75, 3.05) is 25.5 Å². The van der Waals surface area contributed by atoms with Crippen LogP contribution in [0.5, 0.6) is 0 Å². The molecule has 6 heteroatoms. The molecular formula is C14H20N2O3S. The molecule has 2 rings (SSSR count). The topological polar surface area (TPSA) is 67.4 Å². The number of aryl methyl sites for hydroxylation is 1. The fraction of sp³-hybridized carbons (Fsp3) is 0.571. The zero-order valence-electron chi connectivity index (χ0n) is 12.0. The number of carbonyl (C=O) groups is 2. The zero-order valence-corrected chi connectivity index (χ0v) is 12.9. The maximum absolute atomic E-state index is 12.3. The normalized spacial score (nSPS) is 18.6. The number of nitrogens with one attached hydrogen (secondary N) is 2. The highest BCUT2D eigenvalue weighted by atomic mass is 32.1. The molecule has 0 aromatic carbocycles. The summed E-state index contributed by atoms with van der Waals surface area (Å²) in [5.41, 5.74) is 1.35. The summed E-state index contributed by atoms with van der Waals surface area (Å²) in [5, 5.41) is 6.71. The molecule has 0 saturated carbocycles. The van der Waals surface area contributed by atoms with Gasteiger partial charge in [0.1, 0.15) is 5.00 Å². The summed E-state index contributed by atoms with van der Waals surface area (Å²) >= 11 is 1.42. The largest absolute Gasteiger partial charge is 0.465 e. The van der Waals surface area contributed by atoms with Gasteiger partial charge < -0.3 is 15.4 Å². The van der Waals surface area contributed by atoms with Crippen molar-refractivity contribution in [2.45, 2.75) is 26.7 Å². The zero-order chi connectivity index (χ0) is 14.7. The molecule has 1 fully saturated rings. The SMILES string of the molecule is COC(=O)c1c(NC(=O)[C@@H]2CCCNC2)sc(C)c1C. The van der Waals surface area contributed by atoms with E-state index in [0.717, 1.165) is 29.8 Å². The van der Waals surface area contributed by atoms with Crippen LogP contribution in [0.25, 0.3) is 0 Å². The maximum atomic E-state index is 12.3. The molecule has 0 bridgehead atoms. The van der Waals surface area contributed by atoms with Gasteiger partial charge in [-0.2, -0.15) is 0 Å². The molecule has 110 valence electrons. The van der Waals surface area contributed by atoms with Crippen molar-refractivity contribution in [1.82, 2.24) is 5.32 Å². The molecule has 0 spiro atoms. The van der Waals surface area contributed by atoms with Crippen molar-refractivity contribution in [2.24, 2.45) is 5.92 Å². The van der Waals surface area contributed by atoms with E-state index in [1.165, 1.54) is 18.4 Å². The Hall–Kier alpha value is -1.40. The number of ether oxygens (including phenoxy) is 1. The first-order valence-corrected chi connectivity index (χ1v) is 7.56. The molecule has 1 atom stereocenters. The van der Waals surface area contributed by atoms with Gasteiger partial charge in [0.05, 0.1) is 18.6 Å². The number of amides is 1. The van der Waals surface area contributed by atoms with Crippen molar-refractivity contribution in [1.29, 1.82) is 0 Å². The van der Waals surface area contributed by atoms with Crippen LogP contribution >= 0.6 is 11.3 Å². The van der Waals surface area contributed by atoms with Gasteiger partial charge in [-0.15, -0.1) is 11.3 Å². The van der Waals surface area contributed by atoms with Crippen LogP contribution < -0.4 is 10.6 Å². The Morgan fingerprint density at radius 3 is 2.75 bits per heavy atom. The molecule has 0 radical (unpaired) electrons. The highest BCUT2D eigenvalue weighted by Gasteiger charge is 2.25. The summed E-state index contributed by atoms with van der Waals surface area (Å²) in [5.74, 6) is -0.454. The third kappa shape index (κ3) is 3.02. The van der Waals surface area contributed by atoms with Crippen molar-refractivity contribution in [3.63, 3.8) is 0 Å². The van der Waals surface area contributed by atoms with Gasteiger partial charge >= 0.3 is 5.97 Å². The van der Waals surface area contributed by atoms with Crippen molar-refractivity contribution in [3.8, 4) is 0 Å². The number of carbonyl (C=O) groups excluding carboxylic acids is 2. The van der Waals surface area contributed by atoms with Gasteiger partial charge in [-0.3, -0.25) is 4.79 Å². The Balaban J connectivity index is 2.18. The number of anilines is 1. The second kappa shape index (κ2) is 6.37. The first-order chi connectivity index (χ1) is 9.54. The van der Waals surface area contributed by atoms with Crippen LogP contribution in [0.1, 0.15) is 33.6 Å².